The molecule has 1 heterocycles. The molecule has 1 aromatic carbocycles. The number of rotatable bonds is 5. The Morgan fingerprint density at radius 2 is 1.92 bits per heavy atom. The van der Waals surface area contributed by atoms with E-state index < -0.39 is 39.1 Å². The van der Waals surface area contributed by atoms with Gasteiger partial charge in [-0.05, 0) is 37.5 Å². The van der Waals surface area contributed by atoms with Crippen molar-refractivity contribution in [1.29, 1.82) is 0 Å². The topological polar surface area (TPSA) is 119 Å². The average Bonchev–Trinajstić information content (AvgIpc) is 3.35. The number of carbonyl (C=O) groups excluding carboxylic acids is 3. The van der Waals surface area contributed by atoms with E-state index in [2.05, 4.69) is 15.4 Å². The SMILES string of the molecule is COC(=O)c1cccc(NC(=O)C2(C(=O)NC3CCS(=O)(=O)C3)CC2)c1. The molecule has 1 aromatic rings. The summed E-state index contributed by atoms with van der Waals surface area (Å²) >= 11 is 0. The van der Waals surface area contributed by atoms with E-state index in [0.717, 1.165) is 0 Å². The van der Waals surface area contributed by atoms with Crippen molar-refractivity contribution in [3.05, 3.63) is 29.8 Å². The van der Waals surface area contributed by atoms with E-state index in [1.165, 1.54) is 13.2 Å². The van der Waals surface area contributed by atoms with Crippen LogP contribution in [-0.4, -0.2) is 50.9 Å². The van der Waals surface area contributed by atoms with Crippen LogP contribution < -0.4 is 10.6 Å². The zero-order valence-electron chi connectivity index (χ0n) is 14.3. The number of methoxy groups -OCH3 is 1. The van der Waals surface area contributed by atoms with Gasteiger partial charge in [0.25, 0.3) is 0 Å². The summed E-state index contributed by atoms with van der Waals surface area (Å²) in [6.07, 6.45) is 1.18. The van der Waals surface area contributed by atoms with Gasteiger partial charge in [0.15, 0.2) is 9.84 Å². The molecule has 8 nitrogen and oxygen atoms in total. The summed E-state index contributed by atoms with van der Waals surface area (Å²) in [7, 11) is -1.85. The third kappa shape index (κ3) is 3.72. The quantitative estimate of drug-likeness (QED) is 0.567. The predicted octanol–water partition coefficient (Wildman–Crippen LogP) is 0.495. The molecule has 9 heteroatoms. The highest BCUT2D eigenvalue weighted by atomic mass is 32.2. The summed E-state index contributed by atoms with van der Waals surface area (Å²) in [6.45, 7) is 0. The molecule has 140 valence electrons. The molecule has 26 heavy (non-hydrogen) atoms. The van der Waals surface area contributed by atoms with Crippen molar-refractivity contribution in [3.63, 3.8) is 0 Å². The first kappa shape index (κ1) is 18.4. The normalized spacial score (nSPS) is 22.3. The fraction of sp³-hybridized carbons (Fsp3) is 0.471. The number of nitrogens with one attached hydrogen (secondary N) is 2. The summed E-state index contributed by atoms with van der Waals surface area (Å²) in [5, 5.41) is 5.35. The molecule has 2 amide bonds. The lowest BCUT2D eigenvalue weighted by atomic mass is 10.0. The predicted molar refractivity (Wildman–Crippen MR) is 93.3 cm³/mol. The van der Waals surface area contributed by atoms with E-state index in [1.54, 1.807) is 18.2 Å². The second-order valence-corrected chi connectivity index (χ2v) is 8.91. The molecular formula is C17H20N2O6S. The molecule has 2 aliphatic rings. The Hall–Kier alpha value is -2.42. The van der Waals surface area contributed by atoms with Crippen molar-refractivity contribution < 1.29 is 27.5 Å². The van der Waals surface area contributed by atoms with Crippen molar-refractivity contribution in [2.24, 2.45) is 5.41 Å². The maximum atomic E-state index is 12.6. The maximum absolute atomic E-state index is 12.6. The number of anilines is 1. The molecular weight excluding hydrogens is 360 g/mol. The molecule has 1 aliphatic carbocycles. The van der Waals surface area contributed by atoms with Crippen LogP contribution in [0.25, 0.3) is 0 Å². The minimum Gasteiger partial charge on any atom is -0.465 e. The summed E-state index contributed by atoms with van der Waals surface area (Å²) in [5.74, 6) is -1.46. The van der Waals surface area contributed by atoms with Gasteiger partial charge in [0.05, 0.1) is 24.2 Å². The van der Waals surface area contributed by atoms with E-state index in [4.69, 9.17) is 0 Å². The van der Waals surface area contributed by atoms with Crippen LogP contribution in [-0.2, 0) is 24.2 Å². The molecule has 0 radical (unpaired) electrons. The van der Waals surface area contributed by atoms with Crippen LogP contribution in [0.3, 0.4) is 0 Å². The molecule has 2 fully saturated rings. The van der Waals surface area contributed by atoms with Crippen LogP contribution in [0, 0.1) is 5.41 Å². The van der Waals surface area contributed by atoms with E-state index in [0.29, 0.717) is 24.9 Å². The number of sulfone groups is 1. The second-order valence-electron chi connectivity index (χ2n) is 6.68. The van der Waals surface area contributed by atoms with Gasteiger partial charge in [-0.3, -0.25) is 9.59 Å². The summed E-state index contributed by atoms with van der Waals surface area (Å²) < 4.78 is 27.7. The van der Waals surface area contributed by atoms with Gasteiger partial charge in [-0.1, -0.05) is 6.07 Å². The number of hydrogen-bond donors (Lipinski definition) is 2. The standard InChI is InChI=1S/C17H20N2O6S/c1-25-14(20)11-3-2-4-12(9-11)18-15(21)17(6-7-17)16(22)19-13-5-8-26(23,24)10-13/h2-4,9,13H,5-8,10H2,1H3,(H,18,21)(H,19,22). The van der Waals surface area contributed by atoms with E-state index in [1.807, 2.05) is 0 Å². The van der Waals surface area contributed by atoms with Crippen LogP contribution in [0.2, 0.25) is 0 Å². The summed E-state index contributed by atoms with van der Waals surface area (Å²) in [6, 6.07) is 5.80. The van der Waals surface area contributed by atoms with Crippen molar-refractivity contribution >= 4 is 33.3 Å². The smallest absolute Gasteiger partial charge is 0.337 e. The Labute approximate surface area is 151 Å². The van der Waals surface area contributed by atoms with E-state index in [-0.39, 0.29) is 17.1 Å². The number of ether oxygens (including phenoxy) is 1. The highest BCUT2D eigenvalue weighted by molar-refractivity contribution is 7.91. The zero-order chi connectivity index (χ0) is 18.9. The van der Waals surface area contributed by atoms with E-state index in [9.17, 15) is 22.8 Å². The van der Waals surface area contributed by atoms with Crippen LogP contribution in [0.5, 0.6) is 0 Å². The lowest BCUT2D eigenvalue weighted by molar-refractivity contribution is -0.134. The first-order valence-electron chi connectivity index (χ1n) is 8.27. The van der Waals surface area contributed by atoms with Crippen LogP contribution in [0.15, 0.2) is 24.3 Å². The van der Waals surface area contributed by atoms with Gasteiger partial charge in [-0.25, -0.2) is 13.2 Å². The second kappa shape index (κ2) is 6.71. The number of amides is 2. The van der Waals surface area contributed by atoms with E-state index >= 15 is 0 Å². The zero-order valence-corrected chi connectivity index (χ0v) is 15.1. The molecule has 1 saturated carbocycles. The lowest BCUT2D eigenvalue weighted by Crippen LogP contribution is -2.45. The summed E-state index contributed by atoms with van der Waals surface area (Å²) in [4.78, 5) is 36.7. The van der Waals surface area contributed by atoms with Crippen LogP contribution >= 0.6 is 0 Å². The first-order chi connectivity index (χ1) is 12.3. The number of hydrogen-bond acceptors (Lipinski definition) is 6. The Morgan fingerprint density at radius 1 is 1.19 bits per heavy atom. The van der Waals surface area contributed by atoms with Crippen molar-refractivity contribution in [3.8, 4) is 0 Å². The van der Waals surface area contributed by atoms with Crippen molar-refractivity contribution in [2.45, 2.75) is 25.3 Å². The Balaban J connectivity index is 1.66. The van der Waals surface area contributed by atoms with Gasteiger partial charge in [0.2, 0.25) is 11.8 Å². The van der Waals surface area contributed by atoms with Gasteiger partial charge in [0.1, 0.15) is 5.41 Å². The third-order valence-electron chi connectivity index (χ3n) is 4.73. The van der Waals surface area contributed by atoms with Crippen LogP contribution in [0.4, 0.5) is 5.69 Å². The molecule has 0 bridgehead atoms. The third-order valence-corrected chi connectivity index (χ3v) is 6.50. The molecule has 1 aliphatic heterocycles. The highest BCUT2D eigenvalue weighted by Crippen LogP contribution is 2.47. The number of esters is 1. The van der Waals surface area contributed by atoms with Crippen LogP contribution in [0.1, 0.15) is 29.6 Å². The highest BCUT2D eigenvalue weighted by Gasteiger charge is 2.57. The monoisotopic (exact) mass is 380 g/mol. The molecule has 2 N–H and O–H groups in total. The Bertz CT molecular complexity index is 860. The largest absolute Gasteiger partial charge is 0.465 e. The van der Waals surface area contributed by atoms with Gasteiger partial charge < -0.3 is 15.4 Å². The molecule has 3 rings (SSSR count). The lowest BCUT2D eigenvalue weighted by Gasteiger charge is -2.18. The van der Waals surface area contributed by atoms with Gasteiger partial charge >= 0.3 is 5.97 Å². The fourth-order valence-electron chi connectivity index (χ4n) is 3.01. The minimum atomic E-state index is -3.11. The Morgan fingerprint density at radius 3 is 2.50 bits per heavy atom. The number of benzene rings is 1. The van der Waals surface area contributed by atoms with Crippen molar-refractivity contribution in [1.82, 2.24) is 5.32 Å². The first-order valence-corrected chi connectivity index (χ1v) is 10.1. The molecule has 1 saturated heterocycles. The maximum Gasteiger partial charge on any atom is 0.337 e. The van der Waals surface area contributed by atoms with Gasteiger partial charge in [-0.15, -0.1) is 0 Å². The van der Waals surface area contributed by atoms with Gasteiger partial charge in [0, 0.05) is 11.7 Å². The fourth-order valence-corrected chi connectivity index (χ4v) is 4.68. The minimum absolute atomic E-state index is 0.0530. The molecule has 0 aromatic heterocycles. The number of carbonyl (C=O) groups is 3. The molecule has 1 atom stereocenters. The molecule has 1 unspecified atom stereocenters. The average molecular weight is 380 g/mol. The van der Waals surface area contributed by atoms with Gasteiger partial charge in [-0.2, -0.15) is 0 Å². The summed E-state index contributed by atoms with van der Waals surface area (Å²) in [5.41, 5.74) is -0.496. The van der Waals surface area contributed by atoms with Crippen molar-refractivity contribution in [2.75, 3.05) is 23.9 Å². The molecule has 0 spiro atoms. The Kier molecular flexibility index (Phi) is 4.74.